The lowest BCUT2D eigenvalue weighted by Gasteiger charge is -2.24. The van der Waals surface area contributed by atoms with Gasteiger partial charge in [-0.05, 0) is 55.5 Å². The van der Waals surface area contributed by atoms with E-state index in [0.717, 1.165) is 9.87 Å². The van der Waals surface area contributed by atoms with E-state index in [1.165, 1.54) is 12.1 Å². The Hall–Kier alpha value is -3.03. The highest BCUT2D eigenvalue weighted by Gasteiger charge is 2.27. The molecule has 0 saturated carbocycles. The van der Waals surface area contributed by atoms with E-state index in [0.29, 0.717) is 16.5 Å². The number of aryl methyl sites for hydroxylation is 1. The van der Waals surface area contributed by atoms with Crippen LogP contribution in [0.25, 0.3) is 0 Å². The van der Waals surface area contributed by atoms with Gasteiger partial charge in [0.2, 0.25) is 5.91 Å². The number of nitrogens with one attached hydrogen (secondary N) is 1. The third kappa shape index (κ3) is 6.23. The first kappa shape index (κ1) is 22.7. The van der Waals surface area contributed by atoms with Crippen LogP contribution in [0.5, 0.6) is 5.75 Å². The van der Waals surface area contributed by atoms with Crippen LogP contribution in [0.15, 0.2) is 83.8 Å². The second-order valence-corrected chi connectivity index (χ2v) is 9.11. The maximum absolute atomic E-state index is 13.2. The van der Waals surface area contributed by atoms with E-state index in [1.54, 1.807) is 42.5 Å². The molecule has 0 aliphatic heterocycles. The van der Waals surface area contributed by atoms with Crippen molar-refractivity contribution in [1.29, 1.82) is 0 Å². The molecule has 0 unspecified atom stereocenters. The fraction of sp³-hybridized carbons (Fsp3) is 0.174. The molecule has 6 nitrogen and oxygen atoms in total. The fourth-order valence-corrected chi connectivity index (χ4v) is 4.39. The SMILES string of the molecule is Cc1ccc(OCCNC(=O)CN(c2ccc(Cl)cc2)S(=O)(=O)c2ccccc2)cc1. The monoisotopic (exact) mass is 458 g/mol. The summed E-state index contributed by atoms with van der Waals surface area (Å²) in [5.41, 5.74) is 1.47. The number of halogens is 1. The van der Waals surface area contributed by atoms with Gasteiger partial charge in [-0.1, -0.05) is 47.5 Å². The van der Waals surface area contributed by atoms with Crippen molar-refractivity contribution in [2.45, 2.75) is 11.8 Å². The van der Waals surface area contributed by atoms with E-state index in [9.17, 15) is 13.2 Å². The van der Waals surface area contributed by atoms with Crippen molar-refractivity contribution >= 4 is 33.2 Å². The first-order valence-corrected chi connectivity index (χ1v) is 11.5. The van der Waals surface area contributed by atoms with E-state index in [4.69, 9.17) is 16.3 Å². The molecule has 3 aromatic rings. The second kappa shape index (κ2) is 10.3. The maximum atomic E-state index is 13.2. The van der Waals surface area contributed by atoms with Crippen LogP contribution in [0.1, 0.15) is 5.56 Å². The summed E-state index contributed by atoms with van der Waals surface area (Å²) >= 11 is 5.94. The lowest BCUT2D eigenvalue weighted by molar-refractivity contribution is -0.119. The molecule has 1 N–H and O–H groups in total. The van der Waals surface area contributed by atoms with Gasteiger partial charge in [0, 0.05) is 5.02 Å². The van der Waals surface area contributed by atoms with Crippen LogP contribution in [0.3, 0.4) is 0 Å². The molecule has 0 atom stereocenters. The lowest BCUT2D eigenvalue weighted by atomic mass is 10.2. The number of ether oxygens (including phenoxy) is 1. The minimum atomic E-state index is -3.94. The molecule has 162 valence electrons. The summed E-state index contributed by atoms with van der Waals surface area (Å²) in [6.45, 7) is 2.12. The number of hydrogen-bond donors (Lipinski definition) is 1. The molecule has 0 aliphatic rings. The summed E-state index contributed by atoms with van der Waals surface area (Å²) in [5, 5.41) is 3.17. The predicted molar refractivity (Wildman–Crippen MR) is 122 cm³/mol. The number of benzene rings is 3. The van der Waals surface area contributed by atoms with Crippen molar-refractivity contribution in [3.63, 3.8) is 0 Å². The van der Waals surface area contributed by atoms with Gasteiger partial charge >= 0.3 is 0 Å². The van der Waals surface area contributed by atoms with Crippen molar-refractivity contribution in [2.24, 2.45) is 0 Å². The first-order chi connectivity index (χ1) is 14.9. The van der Waals surface area contributed by atoms with Gasteiger partial charge in [-0.25, -0.2) is 8.42 Å². The van der Waals surface area contributed by atoms with Gasteiger partial charge < -0.3 is 10.1 Å². The van der Waals surface area contributed by atoms with Crippen molar-refractivity contribution < 1.29 is 17.9 Å². The molecule has 0 radical (unpaired) electrons. The first-order valence-electron chi connectivity index (χ1n) is 9.66. The van der Waals surface area contributed by atoms with Crippen LogP contribution in [-0.4, -0.2) is 34.0 Å². The van der Waals surface area contributed by atoms with Crippen molar-refractivity contribution in [3.05, 3.63) is 89.4 Å². The van der Waals surface area contributed by atoms with Crippen LogP contribution in [0.2, 0.25) is 5.02 Å². The highest BCUT2D eigenvalue weighted by atomic mass is 35.5. The molecule has 0 aliphatic carbocycles. The Bertz CT molecular complexity index is 1100. The molecule has 0 heterocycles. The van der Waals surface area contributed by atoms with Gasteiger partial charge in [0.25, 0.3) is 10.0 Å². The van der Waals surface area contributed by atoms with Gasteiger partial charge in [0.05, 0.1) is 17.1 Å². The minimum Gasteiger partial charge on any atom is -0.492 e. The molecule has 0 bridgehead atoms. The molecular formula is C23H23ClN2O4S. The van der Waals surface area contributed by atoms with Crippen molar-refractivity contribution in [3.8, 4) is 5.75 Å². The van der Waals surface area contributed by atoms with Gasteiger partial charge in [-0.3, -0.25) is 9.10 Å². The summed E-state index contributed by atoms with van der Waals surface area (Å²) in [4.78, 5) is 12.6. The molecule has 3 aromatic carbocycles. The number of carbonyl (C=O) groups excluding carboxylic acids is 1. The van der Waals surface area contributed by atoms with Crippen molar-refractivity contribution in [1.82, 2.24) is 5.32 Å². The van der Waals surface area contributed by atoms with Gasteiger partial charge in [0.1, 0.15) is 18.9 Å². The van der Waals surface area contributed by atoms with Crippen LogP contribution in [-0.2, 0) is 14.8 Å². The fourth-order valence-electron chi connectivity index (χ4n) is 2.82. The average Bonchev–Trinajstić information content (AvgIpc) is 2.77. The number of nitrogens with zero attached hydrogens (tertiary/aromatic N) is 1. The van der Waals surface area contributed by atoms with Crippen LogP contribution < -0.4 is 14.4 Å². The largest absolute Gasteiger partial charge is 0.492 e. The molecule has 0 saturated heterocycles. The molecule has 0 aromatic heterocycles. The Morgan fingerprint density at radius 1 is 0.968 bits per heavy atom. The zero-order valence-corrected chi connectivity index (χ0v) is 18.6. The molecule has 1 amide bonds. The Labute approximate surface area is 187 Å². The molecular weight excluding hydrogens is 436 g/mol. The Morgan fingerprint density at radius 3 is 2.26 bits per heavy atom. The summed E-state index contributed by atoms with van der Waals surface area (Å²) in [6, 6.07) is 21.9. The molecule has 3 rings (SSSR count). The zero-order chi connectivity index (χ0) is 22.3. The Kier molecular flexibility index (Phi) is 7.55. The average molecular weight is 459 g/mol. The highest BCUT2D eigenvalue weighted by Crippen LogP contribution is 2.25. The third-order valence-electron chi connectivity index (χ3n) is 4.45. The molecule has 31 heavy (non-hydrogen) atoms. The number of rotatable bonds is 9. The van der Waals surface area contributed by atoms with Crippen LogP contribution >= 0.6 is 11.6 Å². The summed E-state index contributed by atoms with van der Waals surface area (Å²) in [7, 11) is -3.94. The number of sulfonamides is 1. The quantitative estimate of drug-likeness (QED) is 0.491. The van der Waals surface area contributed by atoms with Gasteiger partial charge in [0.15, 0.2) is 0 Å². The molecule has 8 heteroatoms. The maximum Gasteiger partial charge on any atom is 0.264 e. The highest BCUT2D eigenvalue weighted by molar-refractivity contribution is 7.92. The zero-order valence-electron chi connectivity index (χ0n) is 17.0. The number of amides is 1. The standard InChI is InChI=1S/C23H23ClN2O4S/c1-18-7-13-21(14-8-18)30-16-15-25-23(27)17-26(20-11-9-19(24)10-12-20)31(28,29)22-5-3-2-4-6-22/h2-14H,15-17H2,1H3,(H,25,27). The number of anilines is 1. The molecule has 0 spiro atoms. The minimum absolute atomic E-state index is 0.0976. The van der Waals surface area contributed by atoms with E-state index >= 15 is 0 Å². The van der Waals surface area contributed by atoms with Crippen LogP contribution in [0, 0.1) is 6.92 Å². The van der Waals surface area contributed by atoms with Crippen LogP contribution in [0.4, 0.5) is 5.69 Å². The van der Waals surface area contributed by atoms with E-state index in [-0.39, 0.29) is 24.6 Å². The normalized spacial score (nSPS) is 11.0. The van der Waals surface area contributed by atoms with Crippen molar-refractivity contribution in [2.75, 3.05) is 24.0 Å². The summed E-state index contributed by atoms with van der Waals surface area (Å²) in [5.74, 6) is 0.260. The number of hydrogen-bond acceptors (Lipinski definition) is 4. The van der Waals surface area contributed by atoms with E-state index in [2.05, 4.69) is 5.32 Å². The van der Waals surface area contributed by atoms with Gasteiger partial charge in [-0.2, -0.15) is 0 Å². The lowest BCUT2D eigenvalue weighted by Crippen LogP contribution is -2.41. The topological polar surface area (TPSA) is 75.7 Å². The Balaban J connectivity index is 1.67. The predicted octanol–water partition coefficient (Wildman–Crippen LogP) is 4.04. The summed E-state index contributed by atoms with van der Waals surface area (Å²) in [6.07, 6.45) is 0. The van der Waals surface area contributed by atoms with E-state index < -0.39 is 15.9 Å². The third-order valence-corrected chi connectivity index (χ3v) is 6.49. The smallest absolute Gasteiger partial charge is 0.264 e. The second-order valence-electron chi connectivity index (χ2n) is 6.81. The summed E-state index contributed by atoms with van der Waals surface area (Å²) < 4.78 is 33.0. The molecule has 0 fully saturated rings. The number of carbonyl (C=O) groups is 1. The Morgan fingerprint density at radius 2 is 1.61 bits per heavy atom. The van der Waals surface area contributed by atoms with Gasteiger partial charge in [-0.15, -0.1) is 0 Å². The van der Waals surface area contributed by atoms with E-state index in [1.807, 2.05) is 31.2 Å².